The van der Waals surface area contributed by atoms with Gasteiger partial charge in [-0.1, -0.05) is 0 Å². The second-order valence-electron chi connectivity index (χ2n) is 5.48. The van der Waals surface area contributed by atoms with Gasteiger partial charge in [0, 0.05) is 24.4 Å². The number of ether oxygens (including phenoxy) is 2. The van der Waals surface area contributed by atoms with E-state index in [0.29, 0.717) is 55.6 Å². The van der Waals surface area contributed by atoms with Gasteiger partial charge >= 0.3 is 0 Å². The molecular weight excluding hydrogens is 270 g/mol. The quantitative estimate of drug-likeness (QED) is 0.814. The lowest BCUT2D eigenvalue weighted by atomic mass is 10.0. The van der Waals surface area contributed by atoms with Crippen LogP contribution in [0.4, 0.5) is 0 Å². The van der Waals surface area contributed by atoms with Crippen molar-refractivity contribution in [3.63, 3.8) is 0 Å². The Bertz CT molecular complexity index is 551. The molecule has 2 aliphatic rings. The molecule has 0 aromatic heterocycles. The van der Waals surface area contributed by atoms with Gasteiger partial charge in [0.05, 0.1) is 0 Å². The van der Waals surface area contributed by atoms with Crippen molar-refractivity contribution >= 4 is 11.7 Å². The molecule has 112 valence electrons. The zero-order valence-electron chi connectivity index (χ0n) is 11.9. The van der Waals surface area contributed by atoms with E-state index < -0.39 is 0 Å². The molecule has 0 saturated heterocycles. The summed E-state index contributed by atoms with van der Waals surface area (Å²) in [7, 11) is 0. The third kappa shape index (κ3) is 3.74. The molecule has 21 heavy (non-hydrogen) atoms. The molecule has 1 saturated carbocycles. The van der Waals surface area contributed by atoms with E-state index in [1.807, 2.05) is 0 Å². The predicted molar refractivity (Wildman–Crippen MR) is 76.8 cm³/mol. The van der Waals surface area contributed by atoms with Crippen molar-refractivity contribution in [3.8, 4) is 11.5 Å². The van der Waals surface area contributed by atoms with Crippen LogP contribution in [0.3, 0.4) is 0 Å². The molecule has 5 nitrogen and oxygen atoms in total. The number of nitrogens with one attached hydrogen (secondary N) is 1. The van der Waals surface area contributed by atoms with Crippen LogP contribution in [0.15, 0.2) is 18.2 Å². The number of carbonyl (C=O) groups is 2. The van der Waals surface area contributed by atoms with Gasteiger partial charge in [-0.2, -0.15) is 0 Å². The summed E-state index contributed by atoms with van der Waals surface area (Å²) >= 11 is 0. The summed E-state index contributed by atoms with van der Waals surface area (Å²) < 4.78 is 10.9. The Labute approximate surface area is 123 Å². The molecule has 1 N–H and O–H groups in total. The molecule has 5 heteroatoms. The fraction of sp³-hybridized carbons (Fsp3) is 0.500. The van der Waals surface area contributed by atoms with Crippen LogP contribution in [0.1, 0.15) is 42.5 Å². The fourth-order valence-electron chi connectivity index (χ4n) is 2.30. The summed E-state index contributed by atoms with van der Waals surface area (Å²) in [5, 5.41) is 2.92. The molecule has 1 aromatic carbocycles. The zero-order chi connectivity index (χ0) is 14.7. The average Bonchev–Trinajstić information content (AvgIpc) is 3.30. The topological polar surface area (TPSA) is 64.6 Å². The highest BCUT2D eigenvalue weighted by molar-refractivity contribution is 5.96. The normalized spacial score (nSPS) is 16.4. The number of rotatable bonds is 6. The predicted octanol–water partition coefficient (Wildman–Crippen LogP) is 2.09. The van der Waals surface area contributed by atoms with Gasteiger partial charge in [0.2, 0.25) is 5.91 Å². The molecule has 0 atom stereocenters. The smallest absolute Gasteiger partial charge is 0.220 e. The molecule has 0 spiro atoms. The van der Waals surface area contributed by atoms with Gasteiger partial charge in [-0.3, -0.25) is 9.59 Å². The molecule has 3 rings (SSSR count). The number of hydrogen-bond donors (Lipinski definition) is 1. The van der Waals surface area contributed by atoms with Crippen LogP contribution >= 0.6 is 0 Å². The first-order valence-electron chi connectivity index (χ1n) is 7.44. The number of benzene rings is 1. The minimum atomic E-state index is 0.0335. The summed E-state index contributed by atoms with van der Waals surface area (Å²) in [6.45, 7) is 1.04. The van der Waals surface area contributed by atoms with E-state index in [1.54, 1.807) is 18.2 Å². The SMILES string of the molecule is O=C(CCCC(=O)c1ccc2c(c1)OCCO2)NC1CC1. The summed E-state index contributed by atoms with van der Waals surface area (Å²) in [5.74, 6) is 1.39. The second kappa shape index (κ2) is 6.16. The Morgan fingerprint density at radius 3 is 2.62 bits per heavy atom. The van der Waals surface area contributed by atoms with Crippen molar-refractivity contribution in [2.24, 2.45) is 0 Å². The van der Waals surface area contributed by atoms with Crippen molar-refractivity contribution in [3.05, 3.63) is 23.8 Å². The Hall–Kier alpha value is -2.04. The first kappa shape index (κ1) is 13.9. The van der Waals surface area contributed by atoms with Gasteiger partial charge in [0.1, 0.15) is 13.2 Å². The Balaban J connectivity index is 1.49. The Kier molecular flexibility index (Phi) is 4.08. The van der Waals surface area contributed by atoms with Crippen LogP contribution in [0, 0.1) is 0 Å². The molecule has 0 unspecified atom stereocenters. The number of amides is 1. The summed E-state index contributed by atoms with van der Waals surface area (Å²) in [6, 6.07) is 5.62. The lowest BCUT2D eigenvalue weighted by molar-refractivity contribution is -0.121. The number of carbonyl (C=O) groups excluding carboxylic acids is 2. The van der Waals surface area contributed by atoms with Gasteiger partial charge in [-0.25, -0.2) is 0 Å². The molecule has 1 fully saturated rings. The Morgan fingerprint density at radius 1 is 1.10 bits per heavy atom. The maximum absolute atomic E-state index is 12.1. The highest BCUT2D eigenvalue weighted by Crippen LogP contribution is 2.31. The highest BCUT2D eigenvalue weighted by Gasteiger charge is 2.23. The maximum Gasteiger partial charge on any atom is 0.220 e. The lowest BCUT2D eigenvalue weighted by Gasteiger charge is -2.18. The second-order valence-corrected chi connectivity index (χ2v) is 5.48. The summed E-state index contributed by atoms with van der Waals surface area (Å²) in [5.41, 5.74) is 0.613. The summed E-state index contributed by atoms with van der Waals surface area (Å²) in [4.78, 5) is 23.7. The van der Waals surface area contributed by atoms with Crippen LogP contribution in [-0.2, 0) is 4.79 Å². The number of ketones is 1. The molecule has 1 heterocycles. The molecular formula is C16H19NO4. The van der Waals surface area contributed by atoms with Crippen LogP contribution in [0.2, 0.25) is 0 Å². The third-order valence-corrected chi connectivity index (χ3v) is 3.61. The average molecular weight is 289 g/mol. The monoisotopic (exact) mass is 289 g/mol. The van der Waals surface area contributed by atoms with E-state index >= 15 is 0 Å². The Morgan fingerprint density at radius 2 is 1.86 bits per heavy atom. The number of fused-ring (bicyclic) bond motifs is 1. The van der Waals surface area contributed by atoms with Crippen molar-refractivity contribution in [2.45, 2.75) is 38.1 Å². The first-order chi connectivity index (χ1) is 10.2. The molecule has 1 aliphatic carbocycles. The summed E-state index contributed by atoms with van der Waals surface area (Å²) in [6.07, 6.45) is 3.53. The van der Waals surface area contributed by atoms with Crippen LogP contribution in [-0.4, -0.2) is 30.9 Å². The maximum atomic E-state index is 12.1. The lowest BCUT2D eigenvalue weighted by Crippen LogP contribution is -2.25. The van der Waals surface area contributed by atoms with Gasteiger partial charge in [-0.15, -0.1) is 0 Å². The molecule has 1 aliphatic heterocycles. The van der Waals surface area contributed by atoms with E-state index in [9.17, 15) is 9.59 Å². The van der Waals surface area contributed by atoms with E-state index in [4.69, 9.17) is 9.47 Å². The molecule has 0 bridgehead atoms. The van der Waals surface area contributed by atoms with Gasteiger partial charge < -0.3 is 14.8 Å². The van der Waals surface area contributed by atoms with Crippen molar-refractivity contribution in [1.82, 2.24) is 5.32 Å². The molecule has 1 amide bonds. The fourth-order valence-corrected chi connectivity index (χ4v) is 2.30. The van der Waals surface area contributed by atoms with Crippen LogP contribution in [0.25, 0.3) is 0 Å². The van der Waals surface area contributed by atoms with E-state index in [2.05, 4.69) is 5.32 Å². The third-order valence-electron chi connectivity index (χ3n) is 3.61. The van der Waals surface area contributed by atoms with E-state index in [-0.39, 0.29) is 11.7 Å². The van der Waals surface area contributed by atoms with Crippen molar-refractivity contribution in [2.75, 3.05) is 13.2 Å². The minimum Gasteiger partial charge on any atom is -0.486 e. The van der Waals surface area contributed by atoms with Gasteiger partial charge in [0.25, 0.3) is 0 Å². The largest absolute Gasteiger partial charge is 0.486 e. The molecule has 1 aromatic rings. The molecule has 0 radical (unpaired) electrons. The van der Waals surface area contributed by atoms with Gasteiger partial charge in [-0.05, 0) is 37.5 Å². The van der Waals surface area contributed by atoms with Crippen molar-refractivity contribution in [1.29, 1.82) is 0 Å². The highest BCUT2D eigenvalue weighted by atomic mass is 16.6. The first-order valence-corrected chi connectivity index (χ1v) is 7.44. The number of hydrogen-bond acceptors (Lipinski definition) is 4. The number of Topliss-reactive ketones (excluding diaryl/α,β-unsaturated/α-hetero) is 1. The minimum absolute atomic E-state index is 0.0335. The van der Waals surface area contributed by atoms with E-state index in [1.165, 1.54) is 0 Å². The van der Waals surface area contributed by atoms with Crippen LogP contribution < -0.4 is 14.8 Å². The van der Waals surface area contributed by atoms with E-state index in [0.717, 1.165) is 12.8 Å². The standard InChI is InChI=1S/C16H19NO4/c18-13(2-1-3-16(19)17-12-5-6-12)11-4-7-14-15(10-11)21-9-8-20-14/h4,7,10,12H,1-3,5-6,8-9H2,(H,17,19). The van der Waals surface area contributed by atoms with Gasteiger partial charge in [0.15, 0.2) is 17.3 Å². The zero-order valence-corrected chi connectivity index (χ0v) is 11.9. The van der Waals surface area contributed by atoms with Crippen molar-refractivity contribution < 1.29 is 19.1 Å². The van der Waals surface area contributed by atoms with Crippen LogP contribution in [0.5, 0.6) is 11.5 Å².